The van der Waals surface area contributed by atoms with Crippen LogP contribution in [-0.4, -0.2) is 43.8 Å². The first kappa shape index (κ1) is 17.6. The molecule has 2 atom stereocenters. The highest BCUT2D eigenvalue weighted by atomic mass is 16.6. The molecule has 0 aliphatic carbocycles. The van der Waals surface area contributed by atoms with Crippen molar-refractivity contribution in [3.8, 4) is 0 Å². The molecule has 5 nitrogen and oxygen atoms in total. The minimum absolute atomic E-state index is 0.0578. The van der Waals surface area contributed by atoms with E-state index in [1.807, 2.05) is 26.0 Å². The lowest BCUT2D eigenvalue weighted by Gasteiger charge is -2.15. The molecule has 2 unspecified atom stereocenters. The van der Waals surface area contributed by atoms with E-state index in [0.717, 1.165) is 30.6 Å². The number of benzene rings is 1. The summed E-state index contributed by atoms with van der Waals surface area (Å²) in [5.74, 6) is -0.743. The largest absolute Gasteiger partial charge is 0.455 e. The highest BCUT2D eigenvalue weighted by molar-refractivity contribution is 5.98. The Morgan fingerprint density at radius 1 is 1.30 bits per heavy atom. The summed E-state index contributed by atoms with van der Waals surface area (Å²) >= 11 is 0. The van der Waals surface area contributed by atoms with Crippen LogP contribution in [0.1, 0.15) is 41.3 Å². The van der Waals surface area contributed by atoms with E-state index in [9.17, 15) is 9.59 Å². The van der Waals surface area contributed by atoms with Crippen LogP contribution in [0.3, 0.4) is 0 Å². The van der Waals surface area contributed by atoms with Crippen molar-refractivity contribution in [2.24, 2.45) is 0 Å². The number of hydrogen-bond donors (Lipinski definition) is 0. The molecule has 0 aromatic heterocycles. The first-order chi connectivity index (χ1) is 11.0. The summed E-state index contributed by atoms with van der Waals surface area (Å²) in [6.07, 6.45) is 1.33. The second-order valence-electron chi connectivity index (χ2n) is 5.94. The number of ketones is 1. The summed E-state index contributed by atoms with van der Waals surface area (Å²) in [5, 5.41) is 0. The van der Waals surface area contributed by atoms with Crippen LogP contribution in [0.2, 0.25) is 0 Å². The zero-order valence-corrected chi connectivity index (χ0v) is 14.0. The quantitative estimate of drug-likeness (QED) is 0.571. The van der Waals surface area contributed by atoms with E-state index in [2.05, 4.69) is 0 Å². The monoisotopic (exact) mass is 320 g/mol. The van der Waals surface area contributed by atoms with Gasteiger partial charge in [-0.1, -0.05) is 12.1 Å². The van der Waals surface area contributed by atoms with Gasteiger partial charge < -0.3 is 14.2 Å². The van der Waals surface area contributed by atoms with Crippen LogP contribution >= 0.6 is 0 Å². The van der Waals surface area contributed by atoms with Crippen molar-refractivity contribution in [1.82, 2.24) is 0 Å². The maximum atomic E-state index is 12.1. The van der Waals surface area contributed by atoms with E-state index >= 15 is 0 Å². The Hall–Kier alpha value is -1.72. The highest BCUT2D eigenvalue weighted by Gasteiger charge is 2.21. The molecule has 5 heteroatoms. The summed E-state index contributed by atoms with van der Waals surface area (Å²) in [6.45, 7) is 6.40. The Morgan fingerprint density at radius 3 is 2.74 bits per heavy atom. The van der Waals surface area contributed by atoms with Gasteiger partial charge in [-0.05, 0) is 50.8 Å². The minimum atomic E-state index is -0.702. The Kier molecular flexibility index (Phi) is 6.30. The molecule has 2 rings (SSSR count). The highest BCUT2D eigenvalue weighted by Crippen LogP contribution is 2.13. The van der Waals surface area contributed by atoms with Crippen molar-refractivity contribution >= 4 is 11.8 Å². The van der Waals surface area contributed by atoms with Crippen molar-refractivity contribution in [2.45, 2.75) is 45.8 Å². The van der Waals surface area contributed by atoms with Crippen LogP contribution in [0.4, 0.5) is 0 Å². The SMILES string of the molecule is Cc1ccc(C(=O)COC(=O)C(C)OCC2CCCO2)cc1C. The second kappa shape index (κ2) is 8.22. The van der Waals surface area contributed by atoms with E-state index in [1.54, 1.807) is 13.0 Å². The lowest BCUT2D eigenvalue weighted by molar-refractivity contribution is -0.156. The molecule has 126 valence electrons. The van der Waals surface area contributed by atoms with Crippen LogP contribution in [0.15, 0.2) is 18.2 Å². The fourth-order valence-electron chi connectivity index (χ4n) is 2.35. The fraction of sp³-hybridized carbons (Fsp3) is 0.556. The second-order valence-corrected chi connectivity index (χ2v) is 5.94. The Balaban J connectivity index is 1.75. The Morgan fingerprint density at radius 2 is 2.09 bits per heavy atom. The third-order valence-corrected chi connectivity index (χ3v) is 4.06. The van der Waals surface area contributed by atoms with Crippen LogP contribution in [0, 0.1) is 13.8 Å². The van der Waals surface area contributed by atoms with Crippen LogP contribution in [0.5, 0.6) is 0 Å². The van der Waals surface area contributed by atoms with Gasteiger partial charge in [0, 0.05) is 12.2 Å². The normalized spacial score (nSPS) is 18.7. The third-order valence-electron chi connectivity index (χ3n) is 4.06. The summed E-state index contributed by atoms with van der Waals surface area (Å²) in [6, 6.07) is 5.44. The molecule has 1 aromatic rings. The topological polar surface area (TPSA) is 61.8 Å². The predicted molar refractivity (Wildman–Crippen MR) is 85.6 cm³/mol. The maximum Gasteiger partial charge on any atom is 0.335 e. The summed E-state index contributed by atoms with van der Waals surface area (Å²) in [5.41, 5.74) is 2.71. The van der Waals surface area contributed by atoms with E-state index in [1.165, 1.54) is 0 Å². The summed E-state index contributed by atoms with van der Waals surface area (Å²) in [7, 11) is 0. The molecule has 1 aliphatic rings. The molecule has 0 amide bonds. The maximum absolute atomic E-state index is 12.1. The van der Waals surface area contributed by atoms with Gasteiger partial charge in [0.25, 0.3) is 0 Å². The number of aryl methyl sites for hydroxylation is 2. The van der Waals surface area contributed by atoms with Gasteiger partial charge in [0.1, 0.15) is 0 Å². The summed E-state index contributed by atoms with van der Waals surface area (Å²) < 4.78 is 15.9. The lowest BCUT2D eigenvalue weighted by atomic mass is 10.0. The average Bonchev–Trinajstić information content (AvgIpc) is 3.05. The van der Waals surface area contributed by atoms with E-state index in [-0.39, 0.29) is 18.5 Å². The van der Waals surface area contributed by atoms with Gasteiger partial charge >= 0.3 is 5.97 Å². The molecule has 0 spiro atoms. The van der Waals surface area contributed by atoms with Gasteiger partial charge in [-0.25, -0.2) is 4.79 Å². The Labute approximate surface area is 136 Å². The van der Waals surface area contributed by atoms with E-state index < -0.39 is 12.1 Å². The molecule has 1 aromatic carbocycles. The molecule has 1 aliphatic heterocycles. The number of carbonyl (C=O) groups is 2. The molecule has 1 fully saturated rings. The van der Waals surface area contributed by atoms with Crippen molar-refractivity contribution in [1.29, 1.82) is 0 Å². The zero-order valence-electron chi connectivity index (χ0n) is 14.0. The lowest BCUT2D eigenvalue weighted by Crippen LogP contribution is -2.28. The molecule has 1 heterocycles. The van der Waals surface area contributed by atoms with Crippen LogP contribution < -0.4 is 0 Å². The number of ether oxygens (including phenoxy) is 3. The molecule has 0 radical (unpaired) electrons. The number of rotatable bonds is 7. The van der Waals surface area contributed by atoms with Crippen molar-refractivity contribution in [2.75, 3.05) is 19.8 Å². The van der Waals surface area contributed by atoms with Crippen LogP contribution in [-0.2, 0) is 19.0 Å². The van der Waals surface area contributed by atoms with Gasteiger partial charge in [0.2, 0.25) is 0 Å². The summed E-state index contributed by atoms with van der Waals surface area (Å²) in [4.78, 5) is 23.9. The third kappa shape index (κ3) is 5.15. The molecule has 0 saturated carbocycles. The zero-order chi connectivity index (χ0) is 16.8. The predicted octanol–water partition coefficient (Wildman–Crippen LogP) is 2.61. The number of esters is 1. The molecular formula is C18H24O5. The number of hydrogen-bond acceptors (Lipinski definition) is 5. The van der Waals surface area contributed by atoms with E-state index in [0.29, 0.717) is 12.2 Å². The fourth-order valence-corrected chi connectivity index (χ4v) is 2.35. The van der Waals surface area contributed by atoms with Gasteiger partial charge in [-0.15, -0.1) is 0 Å². The van der Waals surface area contributed by atoms with Gasteiger partial charge in [-0.2, -0.15) is 0 Å². The van der Waals surface area contributed by atoms with Gasteiger partial charge in [0.05, 0.1) is 12.7 Å². The van der Waals surface area contributed by atoms with Crippen molar-refractivity contribution in [3.05, 3.63) is 34.9 Å². The van der Waals surface area contributed by atoms with Crippen molar-refractivity contribution < 1.29 is 23.8 Å². The first-order valence-corrected chi connectivity index (χ1v) is 7.97. The molecule has 0 bridgehead atoms. The Bertz CT molecular complexity index is 561. The van der Waals surface area contributed by atoms with Crippen LogP contribution in [0.25, 0.3) is 0 Å². The molecular weight excluding hydrogens is 296 g/mol. The van der Waals surface area contributed by atoms with Crippen molar-refractivity contribution in [3.63, 3.8) is 0 Å². The minimum Gasteiger partial charge on any atom is -0.455 e. The molecule has 1 saturated heterocycles. The molecule has 23 heavy (non-hydrogen) atoms. The van der Waals surface area contributed by atoms with Gasteiger partial charge in [-0.3, -0.25) is 4.79 Å². The first-order valence-electron chi connectivity index (χ1n) is 7.97. The molecule has 0 N–H and O–H groups in total. The standard InChI is InChI=1S/C18H24O5/c1-12-6-7-15(9-13(12)2)17(19)11-23-18(20)14(3)22-10-16-5-4-8-21-16/h6-7,9,14,16H,4-5,8,10-11H2,1-3H3. The average molecular weight is 320 g/mol. The van der Waals surface area contributed by atoms with Gasteiger partial charge in [0.15, 0.2) is 18.5 Å². The number of Topliss-reactive ketones (excluding diaryl/α,β-unsaturated/α-hetero) is 1. The van der Waals surface area contributed by atoms with E-state index in [4.69, 9.17) is 14.2 Å². The number of carbonyl (C=O) groups excluding carboxylic acids is 2. The smallest absolute Gasteiger partial charge is 0.335 e.